The van der Waals surface area contributed by atoms with Crippen molar-refractivity contribution in [1.29, 1.82) is 0 Å². The third-order valence-corrected chi connectivity index (χ3v) is 3.54. The number of nitrogens with two attached hydrogens (primary N) is 1. The Morgan fingerprint density at radius 2 is 2.00 bits per heavy atom. The lowest BCUT2D eigenvalue weighted by Gasteiger charge is -2.33. The Balaban J connectivity index is 1.99. The van der Waals surface area contributed by atoms with Crippen molar-refractivity contribution in [2.24, 2.45) is 11.7 Å². The first-order valence-electron chi connectivity index (χ1n) is 7.06. The normalized spacial score (nSPS) is 18.7. The number of piperidine rings is 1. The molecule has 0 radical (unpaired) electrons. The van der Waals surface area contributed by atoms with Gasteiger partial charge in [-0.3, -0.25) is 0 Å². The summed E-state index contributed by atoms with van der Waals surface area (Å²) < 4.78 is 5.61. The van der Waals surface area contributed by atoms with E-state index in [9.17, 15) is 0 Å². The third-order valence-electron chi connectivity index (χ3n) is 3.54. The van der Waals surface area contributed by atoms with Crippen molar-refractivity contribution in [3.63, 3.8) is 0 Å². The Morgan fingerprint density at radius 3 is 2.58 bits per heavy atom. The van der Waals surface area contributed by atoms with Crippen molar-refractivity contribution < 1.29 is 4.74 Å². The first-order chi connectivity index (χ1) is 9.06. The second-order valence-corrected chi connectivity index (χ2v) is 5.55. The van der Waals surface area contributed by atoms with Crippen LogP contribution in [0.2, 0.25) is 0 Å². The van der Waals surface area contributed by atoms with Gasteiger partial charge in [0.05, 0.1) is 6.10 Å². The zero-order valence-corrected chi connectivity index (χ0v) is 12.0. The molecule has 19 heavy (non-hydrogen) atoms. The van der Waals surface area contributed by atoms with E-state index in [4.69, 9.17) is 10.5 Å². The Bertz CT molecular complexity index is 400. The molecule has 0 bridgehead atoms. The Hall–Kier alpha value is -1.36. The predicted molar refractivity (Wildman–Crippen MR) is 76.4 cm³/mol. The maximum Gasteiger partial charge on any atom is 0.228 e. The average Bonchev–Trinajstić information content (AvgIpc) is 2.38. The highest BCUT2D eigenvalue weighted by Crippen LogP contribution is 2.23. The molecule has 1 aliphatic rings. The molecule has 1 unspecified atom stereocenters. The van der Waals surface area contributed by atoms with Gasteiger partial charge >= 0.3 is 0 Å². The van der Waals surface area contributed by atoms with Gasteiger partial charge in [-0.15, -0.1) is 0 Å². The second kappa shape index (κ2) is 6.19. The molecule has 0 aromatic carbocycles. The molecule has 1 aromatic rings. The van der Waals surface area contributed by atoms with Crippen LogP contribution in [0.15, 0.2) is 12.3 Å². The largest absolute Gasteiger partial charge is 0.475 e. The van der Waals surface area contributed by atoms with Gasteiger partial charge in [-0.25, -0.2) is 4.98 Å². The lowest BCUT2D eigenvalue weighted by Crippen LogP contribution is -2.40. The number of hydrogen-bond donors (Lipinski definition) is 1. The summed E-state index contributed by atoms with van der Waals surface area (Å²) in [5, 5.41) is 0. The predicted octanol–water partition coefficient (Wildman–Crippen LogP) is 1.83. The van der Waals surface area contributed by atoms with Crippen molar-refractivity contribution in [3.05, 3.63) is 12.3 Å². The maximum atomic E-state index is 5.96. The summed E-state index contributed by atoms with van der Waals surface area (Å²) >= 11 is 0. The molecule has 0 saturated carbocycles. The van der Waals surface area contributed by atoms with Crippen LogP contribution in [0.4, 0.5) is 5.95 Å². The summed E-state index contributed by atoms with van der Waals surface area (Å²) in [5.41, 5.74) is 5.96. The Kier molecular flexibility index (Phi) is 4.58. The van der Waals surface area contributed by atoms with Gasteiger partial charge in [0.25, 0.3) is 0 Å². The molecule has 2 heterocycles. The van der Waals surface area contributed by atoms with Gasteiger partial charge in [-0.05, 0) is 39.5 Å². The number of aromatic nitrogens is 2. The molecule has 2 N–H and O–H groups in total. The molecule has 1 atom stereocenters. The van der Waals surface area contributed by atoms with Crippen molar-refractivity contribution in [3.8, 4) is 5.88 Å². The van der Waals surface area contributed by atoms with E-state index >= 15 is 0 Å². The number of ether oxygens (including phenoxy) is 1. The third kappa shape index (κ3) is 3.80. The molecule has 1 fully saturated rings. The first-order valence-corrected chi connectivity index (χ1v) is 7.06. The van der Waals surface area contributed by atoms with E-state index in [1.165, 1.54) is 0 Å². The fourth-order valence-corrected chi connectivity index (χ4v) is 2.42. The number of anilines is 1. The molecule has 1 saturated heterocycles. The van der Waals surface area contributed by atoms with Gasteiger partial charge in [-0.1, -0.05) is 0 Å². The molecule has 1 aliphatic heterocycles. The molecular formula is C14H24N4O. The Labute approximate surface area is 115 Å². The first kappa shape index (κ1) is 14.1. The molecule has 0 spiro atoms. The summed E-state index contributed by atoms with van der Waals surface area (Å²) in [6, 6.07) is 2.08. The highest BCUT2D eigenvalue weighted by molar-refractivity contribution is 5.32. The minimum atomic E-state index is 0.131. The van der Waals surface area contributed by atoms with Gasteiger partial charge in [0, 0.05) is 31.4 Å². The molecule has 1 aromatic heterocycles. The minimum absolute atomic E-state index is 0.131. The van der Waals surface area contributed by atoms with E-state index in [1.54, 1.807) is 12.3 Å². The average molecular weight is 264 g/mol. The smallest absolute Gasteiger partial charge is 0.228 e. The van der Waals surface area contributed by atoms with E-state index in [1.807, 2.05) is 13.8 Å². The van der Waals surface area contributed by atoms with Crippen LogP contribution >= 0.6 is 0 Å². The number of hydrogen-bond acceptors (Lipinski definition) is 5. The molecule has 0 aliphatic carbocycles. The SMILES string of the molecule is CC(C)Oc1ccnc(N2CCC(C(C)N)CC2)n1. The van der Waals surface area contributed by atoms with E-state index in [0.29, 0.717) is 11.8 Å². The maximum absolute atomic E-state index is 5.96. The van der Waals surface area contributed by atoms with Crippen LogP contribution in [-0.4, -0.2) is 35.2 Å². The second-order valence-electron chi connectivity index (χ2n) is 5.55. The number of nitrogens with zero attached hydrogens (tertiary/aromatic N) is 3. The summed E-state index contributed by atoms with van der Waals surface area (Å²) in [6.45, 7) is 8.02. The lowest BCUT2D eigenvalue weighted by molar-refractivity contribution is 0.232. The van der Waals surface area contributed by atoms with Crippen molar-refractivity contribution in [1.82, 2.24) is 9.97 Å². The lowest BCUT2D eigenvalue weighted by atomic mass is 9.91. The van der Waals surface area contributed by atoms with E-state index in [0.717, 1.165) is 31.9 Å². The Morgan fingerprint density at radius 1 is 1.32 bits per heavy atom. The van der Waals surface area contributed by atoms with Crippen LogP contribution < -0.4 is 15.4 Å². The molecule has 106 valence electrons. The van der Waals surface area contributed by atoms with Gasteiger partial charge in [0.15, 0.2) is 0 Å². The highest BCUT2D eigenvalue weighted by atomic mass is 16.5. The van der Waals surface area contributed by atoms with Crippen molar-refractivity contribution in [2.75, 3.05) is 18.0 Å². The van der Waals surface area contributed by atoms with Gasteiger partial charge in [0.2, 0.25) is 11.8 Å². The quantitative estimate of drug-likeness (QED) is 0.898. The summed E-state index contributed by atoms with van der Waals surface area (Å²) in [6.07, 6.45) is 4.11. The molecule has 5 nitrogen and oxygen atoms in total. The van der Waals surface area contributed by atoms with Crippen molar-refractivity contribution >= 4 is 5.95 Å². The fourth-order valence-electron chi connectivity index (χ4n) is 2.42. The van der Waals surface area contributed by atoms with E-state index in [2.05, 4.69) is 21.8 Å². The number of rotatable bonds is 4. The van der Waals surface area contributed by atoms with Crippen LogP contribution in [0, 0.1) is 5.92 Å². The minimum Gasteiger partial charge on any atom is -0.475 e. The van der Waals surface area contributed by atoms with E-state index < -0.39 is 0 Å². The van der Waals surface area contributed by atoms with Crippen LogP contribution in [-0.2, 0) is 0 Å². The van der Waals surface area contributed by atoms with Gasteiger partial charge in [0.1, 0.15) is 0 Å². The van der Waals surface area contributed by atoms with Crippen LogP contribution in [0.3, 0.4) is 0 Å². The van der Waals surface area contributed by atoms with Gasteiger partial charge in [-0.2, -0.15) is 4.98 Å². The van der Waals surface area contributed by atoms with Gasteiger partial charge < -0.3 is 15.4 Å². The monoisotopic (exact) mass is 264 g/mol. The summed E-state index contributed by atoms with van der Waals surface area (Å²) in [5.74, 6) is 2.03. The highest BCUT2D eigenvalue weighted by Gasteiger charge is 2.23. The van der Waals surface area contributed by atoms with Crippen LogP contribution in [0.25, 0.3) is 0 Å². The zero-order valence-electron chi connectivity index (χ0n) is 12.0. The standard InChI is InChI=1S/C14H24N4O/c1-10(2)19-13-4-7-16-14(17-13)18-8-5-12(6-9-18)11(3)15/h4,7,10-12H,5-6,8-9,15H2,1-3H3. The molecule has 5 heteroatoms. The van der Waals surface area contributed by atoms with Crippen LogP contribution in [0.5, 0.6) is 5.88 Å². The molecule has 0 amide bonds. The van der Waals surface area contributed by atoms with Crippen LogP contribution in [0.1, 0.15) is 33.6 Å². The molecular weight excluding hydrogens is 240 g/mol. The fraction of sp³-hybridized carbons (Fsp3) is 0.714. The van der Waals surface area contributed by atoms with Crippen molar-refractivity contribution in [2.45, 2.75) is 45.8 Å². The zero-order chi connectivity index (χ0) is 13.8. The summed E-state index contributed by atoms with van der Waals surface area (Å²) in [4.78, 5) is 11.0. The topological polar surface area (TPSA) is 64.3 Å². The van der Waals surface area contributed by atoms with E-state index in [-0.39, 0.29) is 12.1 Å². The summed E-state index contributed by atoms with van der Waals surface area (Å²) in [7, 11) is 0. The molecule has 2 rings (SSSR count).